The molecule has 2 aliphatic rings. The van der Waals surface area contributed by atoms with Crippen LogP contribution in [0.15, 0.2) is 0 Å². The van der Waals surface area contributed by atoms with Crippen molar-refractivity contribution in [1.29, 1.82) is 0 Å². The second-order valence-corrected chi connectivity index (χ2v) is 6.86. The van der Waals surface area contributed by atoms with E-state index in [1.165, 1.54) is 12.8 Å². The molecular weight excluding hydrogens is 248 g/mol. The van der Waals surface area contributed by atoms with Crippen molar-refractivity contribution in [1.82, 2.24) is 5.32 Å². The molecule has 2 unspecified atom stereocenters. The van der Waals surface area contributed by atoms with Crippen LogP contribution in [0.25, 0.3) is 0 Å². The molecule has 0 aromatic carbocycles. The van der Waals surface area contributed by atoms with Gasteiger partial charge in [-0.3, -0.25) is 10.1 Å². The Hall–Kier alpha value is -0.260. The molecule has 2 fully saturated rings. The van der Waals surface area contributed by atoms with Gasteiger partial charge < -0.3 is 10.8 Å². The Morgan fingerprint density at radius 2 is 2.17 bits per heavy atom. The smallest absolute Gasteiger partial charge is 0.238 e. The van der Waals surface area contributed by atoms with Gasteiger partial charge in [-0.05, 0) is 43.3 Å². The maximum Gasteiger partial charge on any atom is 0.238 e. The number of hydrogen-bond donors (Lipinski definition) is 3. The summed E-state index contributed by atoms with van der Waals surface area (Å²) in [7, 11) is 0. The Kier molecular flexibility index (Phi) is 4.56. The number of nitrogens with one attached hydrogen (secondary N) is 1. The lowest BCUT2D eigenvalue weighted by Gasteiger charge is -2.32. The number of rotatable bonds is 9. The predicted molar refractivity (Wildman–Crippen MR) is 74.4 cm³/mol. The minimum atomic E-state index is -0.499. The van der Waals surface area contributed by atoms with Crippen LogP contribution in [0.4, 0.5) is 0 Å². The number of aliphatic hydroxyl groups is 1. The summed E-state index contributed by atoms with van der Waals surface area (Å²) in [4.78, 5) is 11.9. The van der Waals surface area contributed by atoms with Crippen LogP contribution < -0.4 is 11.1 Å². The number of thioether (sulfide) groups is 1. The number of amides is 1. The van der Waals surface area contributed by atoms with E-state index >= 15 is 0 Å². The van der Waals surface area contributed by atoms with Gasteiger partial charge in [-0.15, -0.1) is 0 Å². The number of nitrogens with two attached hydrogens (primary N) is 1. The lowest BCUT2D eigenvalue weighted by atomic mass is 9.94. The Morgan fingerprint density at radius 1 is 1.50 bits per heavy atom. The standard InChI is InChI=1S/C13H24N2O2S/c1-9(6-16)7-18-8-13(12(14)17,10-2-3-10)15-11-4-5-11/h9-11,15-16H,2-8H2,1H3,(H2,14,17). The quantitative estimate of drug-likeness (QED) is 0.578. The molecule has 0 saturated heterocycles. The lowest BCUT2D eigenvalue weighted by Crippen LogP contribution is -2.60. The van der Waals surface area contributed by atoms with Gasteiger partial charge in [0.15, 0.2) is 0 Å². The molecule has 0 aliphatic heterocycles. The third-order valence-electron chi connectivity index (χ3n) is 3.80. The van der Waals surface area contributed by atoms with Gasteiger partial charge in [0.05, 0.1) is 0 Å². The highest BCUT2D eigenvalue weighted by molar-refractivity contribution is 7.99. The summed E-state index contributed by atoms with van der Waals surface area (Å²) in [5.74, 6) is 2.13. The van der Waals surface area contributed by atoms with E-state index in [4.69, 9.17) is 10.8 Å². The largest absolute Gasteiger partial charge is 0.396 e. The zero-order chi connectivity index (χ0) is 13.2. The molecule has 0 aromatic rings. The van der Waals surface area contributed by atoms with Crippen LogP contribution in [0.2, 0.25) is 0 Å². The van der Waals surface area contributed by atoms with Gasteiger partial charge in [0.1, 0.15) is 5.54 Å². The highest BCUT2D eigenvalue weighted by atomic mass is 32.2. The van der Waals surface area contributed by atoms with E-state index in [0.717, 1.165) is 24.3 Å². The Morgan fingerprint density at radius 3 is 2.61 bits per heavy atom. The van der Waals surface area contributed by atoms with Crippen molar-refractivity contribution in [3.8, 4) is 0 Å². The van der Waals surface area contributed by atoms with Crippen molar-refractivity contribution < 1.29 is 9.90 Å². The van der Waals surface area contributed by atoms with Gasteiger partial charge in [-0.25, -0.2) is 0 Å². The lowest BCUT2D eigenvalue weighted by molar-refractivity contribution is -0.124. The first kappa shape index (κ1) is 14.2. The van der Waals surface area contributed by atoms with E-state index in [0.29, 0.717) is 12.0 Å². The molecule has 1 amide bonds. The van der Waals surface area contributed by atoms with Crippen LogP contribution >= 0.6 is 11.8 Å². The molecule has 5 heteroatoms. The highest BCUT2D eigenvalue weighted by Crippen LogP contribution is 2.43. The third-order valence-corrected chi connectivity index (χ3v) is 5.26. The molecule has 2 atom stereocenters. The summed E-state index contributed by atoms with van der Waals surface area (Å²) in [6, 6.07) is 0.494. The number of hydrogen-bond acceptors (Lipinski definition) is 4. The fraction of sp³-hybridized carbons (Fsp3) is 0.923. The minimum absolute atomic E-state index is 0.193. The topological polar surface area (TPSA) is 75.3 Å². The van der Waals surface area contributed by atoms with E-state index in [-0.39, 0.29) is 18.4 Å². The summed E-state index contributed by atoms with van der Waals surface area (Å²) in [5, 5.41) is 12.5. The molecule has 0 aromatic heterocycles. The van der Waals surface area contributed by atoms with E-state index in [1.807, 2.05) is 6.92 Å². The zero-order valence-corrected chi connectivity index (χ0v) is 11.8. The first-order valence-corrected chi connectivity index (χ1v) is 8.00. The number of aliphatic hydroxyl groups excluding tert-OH is 1. The van der Waals surface area contributed by atoms with Crippen LogP contribution in [-0.2, 0) is 4.79 Å². The van der Waals surface area contributed by atoms with Gasteiger partial charge in [0.25, 0.3) is 0 Å². The molecule has 0 bridgehead atoms. The van der Waals surface area contributed by atoms with Crippen molar-refractivity contribution in [3.63, 3.8) is 0 Å². The zero-order valence-electron chi connectivity index (χ0n) is 11.0. The van der Waals surface area contributed by atoms with Crippen molar-refractivity contribution in [2.24, 2.45) is 17.6 Å². The number of carbonyl (C=O) groups excluding carboxylic acids is 1. The molecule has 0 spiro atoms. The molecule has 2 aliphatic carbocycles. The molecule has 4 N–H and O–H groups in total. The Balaban J connectivity index is 1.92. The van der Waals surface area contributed by atoms with Crippen molar-refractivity contribution in [3.05, 3.63) is 0 Å². The monoisotopic (exact) mass is 272 g/mol. The fourth-order valence-electron chi connectivity index (χ4n) is 2.26. The van der Waals surface area contributed by atoms with E-state index in [1.54, 1.807) is 11.8 Å². The van der Waals surface area contributed by atoms with Crippen molar-refractivity contribution in [2.75, 3.05) is 18.1 Å². The summed E-state index contributed by atoms with van der Waals surface area (Å²) in [5.41, 5.74) is 5.17. The summed E-state index contributed by atoms with van der Waals surface area (Å²) >= 11 is 1.74. The predicted octanol–water partition coefficient (Wildman–Crippen LogP) is 0.734. The van der Waals surface area contributed by atoms with Gasteiger partial charge in [-0.1, -0.05) is 6.92 Å². The second kappa shape index (κ2) is 5.80. The third kappa shape index (κ3) is 3.39. The van der Waals surface area contributed by atoms with Crippen LogP contribution in [0.5, 0.6) is 0 Å². The molecule has 0 radical (unpaired) electrons. The van der Waals surface area contributed by atoms with Gasteiger partial charge in [0.2, 0.25) is 5.91 Å². The van der Waals surface area contributed by atoms with Crippen LogP contribution in [0.1, 0.15) is 32.6 Å². The van der Waals surface area contributed by atoms with E-state index < -0.39 is 5.54 Å². The van der Waals surface area contributed by atoms with Crippen LogP contribution in [0.3, 0.4) is 0 Å². The van der Waals surface area contributed by atoms with E-state index in [2.05, 4.69) is 5.32 Å². The van der Waals surface area contributed by atoms with Crippen molar-refractivity contribution in [2.45, 2.75) is 44.2 Å². The molecule has 2 saturated carbocycles. The SMILES string of the molecule is CC(CO)CSCC(NC1CC1)(C(N)=O)C1CC1. The van der Waals surface area contributed by atoms with Crippen LogP contribution in [0, 0.1) is 11.8 Å². The maximum atomic E-state index is 11.9. The number of primary amides is 1. The van der Waals surface area contributed by atoms with Gasteiger partial charge >= 0.3 is 0 Å². The summed E-state index contributed by atoms with van der Waals surface area (Å²) < 4.78 is 0. The summed E-state index contributed by atoms with van der Waals surface area (Å²) in [6.45, 7) is 2.22. The van der Waals surface area contributed by atoms with E-state index in [9.17, 15) is 4.79 Å². The fourth-order valence-corrected chi connectivity index (χ4v) is 3.67. The normalized spacial score (nSPS) is 24.6. The van der Waals surface area contributed by atoms with Gasteiger partial charge in [0, 0.05) is 18.4 Å². The first-order valence-electron chi connectivity index (χ1n) is 6.84. The molecular formula is C13H24N2O2S. The molecule has 0 heterocycles. The molecule has 18 heavy (non-hydrogen) atoms. The average Bonchev–Trinajstić information content (AvgIpc) is 3.18. The van der Waals surface area contributed by atoms with Crippen LogP contribution in [-0.4, -0.2) is 40.7 Å². The average molecular weight is 272 g/mol. The second-order valence-electron chi connectivity index (χ2n) is 5.83. The molecule has 104 valence electrons. The summed E-state index contributed by atoms with van der Waals surface area (Å²) in [6.07, 6.45) is 4.55. The minimum Gasteiger partial charge on any atom is -0.396 e. The number of carbonyl (C=O) groups is 1. The molecule has 2 rings (SSSR count). The first-order chi connectivity index (χ1) is 8.58. The van der Waals surface area contributed by atoms with Crippen molar-refractivity contribution >= 4 is 17.7 Å². The molecule has 4 nitrogen and oxygen atoms in total. The highest BCUT2D eigenvalue weighted by Gasteiger charge is 2.51. The Labute approximate surface area is 113 Å². The Bertz CT molecular complexity index is 305. The maximum absolute atomic E-state index is 11.9. The van der Waals surface area contributed by atoms with Gasteiger partial charge in [-0.2, -0.15) is 11.8 Å².